The van der Waals surface area contributed by atoms with Crippen molar-refractivity contribution in [1.82, 2.24) is 30.2 Å². The summed E-state index contributed by atoms with van der Waals surface area (Å²) >= 11 is 6.49. The summed E-state index contributed by atoms with van der Waals surface area (Å²) in [5.41, 5.74) is 3.42. The van der Waals surface area contributed by atoms with Gasteiger partial charge in [0.15, 0.2) is 0 Å². The number of nitrogens with one attached hydrogen (secondary N) is 4. The lowest BCUT2D eigenvalue weighted by atomic mass is 9.91. The van der Waals surface area contributed by atoms with Gasteiger partial charge in [0.1, 0.15) is 5.69 Å². The average molecular weight is 573 g/mol. The van der Waals surface area contributed by atoms with Crippen LogP contribution in [0.4, 0.5) is 11.6 Å². The topological polar surface area (TPSA) is 128 Å². The Bertz CT molecular complexity index is 1550. The molecule has 5 rings (SSSR count). The Balaban J connectivity index is 1.17. The van der Waals surface area contributed by atoms with Crippen LogP contribution in [0, 0.1) is 0 Å². The van der Waals surface area contributed by atoms with E-state index in [0.717, 1.165) is 42.1 Å². The molecule has 0 spiro atoms. The first-order valence-electron chi connectivity index (χ1n) is 13.6. The van der Waals surface area contributed by atoms with Crippen LogP contribution >= 0.6 is 11.6 Å². The Morgan fingerprint density at radius 3 is 2.73 bits per heavy atom. The number of amides is 2. The molecule has 0 unspecified atom stereocenters. The SMILES string of the molecule is CN(C)C/C=C/C(=O)Nc1ccc(C(=O)N[C@H]2CCC[C@@H](Nc3ncc(Cl)c(-c4c[nH]c5ccccc45)n3)C2)nc1. The first kappa shape index (κ1) is 28.3. The largest absolute Gasteiger partial charge is 0.360 e. The van der Waals surface area contributed by atoms with E-state index in [1.54, 1.807) is 24.4 Å². The molecule has 1 aliphatic rings. The number of carbonyl (C=O) groups excluding carboxylic acids is 2. The van der Waals surface area contributed by atoms with Crippen LogP contribution < -0.4 is 16.0 Å². The number of H-pyrrole nitrogens is 1. The number of pyridine rings is 1. The highest BCUT2D eigenvalue weighted by Gasteiger charge is 2.25. The fourth-order valence-corrected chi connectivity index (χ4v) is 5.14. The van der Waals surface area contributed by atoms with E-state index >= 15 is 0 Å². The molecule has 0 radical (unpaired) electrons. The van der Waals surface area contributed by atoms with E-state index < -0.39 is 0 Å². The van der Waals surface area contributed by atoms with Crippen molar-refractivity contribution in [2.75, 3.05) is 31.3 Å². The number of halogens is 1. The van der Waals surface area contributed by atoms with E-state index in [9.17, 15) is 9.59 Å². The molecule has 0 aliphatic heterocycles. The highest BCUT2D eigenvalue weighted by atomic mass is 35.5. The summed E-state index contributed by atoms with van der Waals surface area (Å²) in [5, 5.41) is 10.8. The third-order valence-corrected chi connectivity index (χ3v) is 7.21. The summed E-state index contributed by atoms with van der Waals surface area (Å²) in [6, 6.07) is 11.4. The molecule has 1 aromatic carbocycles. The van der Waals surface area contributed by atoms with Crippen molar-refractivity contribution >= 4 is 46.0 Å². The molecule has 1 saturated carbocycles. The lowest BCUT2D eigenvalue weighted by molar-refractivity contribution is -0.111. The van der Waals surface area contributed by atoms with Crippen LogP contribution in [0.3, 0.4) is 0 Å². The van der Waals surface area contributed by atoms with Gasteiger partial charge in [0, 0.05) is 47.4 Å². The maximum absolute atomic E-state index is 12.9. The number of rotatable bonds is 9. The van der Waals surface area contributed by atoms with Gasteiger partial charge in [-0.2, -0.15) is 0 Å². The number of hydrogen-bond donors (Lipinski definition) is 4. The van der Waals surface area contributed by atoms with Crippen molar-refractivity contribution in [2.24, 2.45) is 0 Å². The van der Waals surface area contributed by atoms with Crippen LogP contribution in [-0.2, 0) is 4.79 Å². The van der Waals surface area contributed by atoms with Crippen molar-refractivity contribution in [1.29, 1.82) is 0 Å². The molecule has 1 aliphatic carbocycles. The number of carbonyl (C=O) groups is 2. The van der Waals surface area contributed by atoms with Crippen molar-refractivity contribution in [2.45, 2.75) is 37.8 Å². The van der Waals surface area contributed by atoms with Crippen molar-refractivity contribution in [3.8, 4) is 11.3 Å². The second kappa shape index (κ2) is 12.9. The van der Waals surface area contributed by atoms with Gasteiger partial charge in [-0.25, -0.2) is 15.0 Å². The van der Waals surface area contributed by atoms with Gasteiger partial charge in [0.05, 0.1) is 28.8 Å². The lowest BCUT2D eigenvalue weighted by Crippen LogP contribution is -2.42. The molecule has 4 aromatic rings. The first-order chi connectivity index (χ1) is 19.9. The molecule has 1 fully saturated rings. The Morgan fingerprint density at radius 2 is 1.93 bits per heavy atom. The summed E-state index contributed by atoms with van der Waals surface area (Å²) in [4.78, 5) is 43.6. The molecule has 212 valence electrons. The molecule has 3 heterocycles. The van der Waals surface area contributed by atoms with Crippen LogP contribution in [0.25, 0.3) is 22.2 Å². The molecular formula is C30H33ClN8O2. The standard InChI is InChI=1S/C30H33ClN8O2/c1-39(2)14-6-11-27(40)35-21-12-13-26(32-16-21)29(41)36-19-7-5-8-20(15-19)37-30-34-18-24(31)28(38-30)23-17-33-25-10-4-3-9-22(23)25/h3-4,6,9-13,16-20,33H,5,7-8,14-15H2,1-2H3,(H,35,40)(H,36,41)(H,34,37,38)/b11-6+/t19-,20+/m0/s1. The molecule has 11 heteroatoms. The summed E-state index contributed by atoms with van der Waals surface area (Å²) < 4.78 is 0. The minimum Gasteiger partial charge on any atom is -0.360 e. The Labute approximate surface area is 243 Å². The van der Waals surface area contributed by atoms with Crippen LogP contribution in [0.2, 0.25) is 5.02 Å². The van der Waals surface area contributed by atoms with Crippen LogP contribution in [0.1, 0.15) is 36.2 Å². The van der Waals surface area contributed by atoms with E-state index in [1.807, 2.05) is 49.5 Å². The van der Waals surface area contributed by atoms with Gasteiger partial charge in [-0.15, -0.1) is 0 Å². The van der Waals surface area contributed by atoms with Gasteiger partial charge < -0.3 is 25.8 Å². The number of fused-ring (bicyclic) bond motifs is 1. The predicted octanol–water partition coefficient (Wildman–Crippen LogP) is 4.88. The molecule has 41 heavy (non-hydrogen) atoms. The van der Waals surface area contributed by atoms with Crippen molar-refractivity contribution < 1.29 is 9.59 Å². The number of nitrogens with zero attached hydrogens (tertiary/aromatic N) is 4. The van der Waals surface area contributed by atoms with E-state index in [-0.39, 0.29) is 23.9 Å². The zero-order chi connectivity index (χ0) is 28.8. The minimum atomic E-state index is -0.247. The fourth-order valence-electron chi connectivity index (χ4n) is 4.94. The highest BCUT2D eigenvalue weighted by molar-refractivity contribution is 6.33. The molecule has 10 nitrogen and oxygen atoms in total. The predicted molar refractivity (Wildman–Crippen MR) is 162 cm³/mol. The third kappa shape index (κ3) is 7.27. The molecule has 3 aromatic heterocycles. The summed E-state index contributed by atoms with van der Waals surface area (Å²) in [6.07, 6.45) is 11.8. The monoisotopic (exact) mass is 572 g/mol. The molecule has 0 saturated heterocycles. The second-order valence-corrected chi connectivity index (χ2v) is 10.8. The van der Waals surface area contributed by atoms with E-state index in [4.69, 9.17) is 16.6 Å². The zero-order valence-corrected chi connectivity index (χ0v) is 23.8. The number of aromatic amines is 1. The maximum Gasteiger partial charge on any atom is 0.270 e. The van der Waals surface area contributed by atoms with Gasteiger partial charge in [-0.3, -0.25) is 9.59 Å². The normalized spacial score (nSPS) is 17.2. The number of anilines is 2. The Kier molecular flexibility index (Phi) is 8.91. The van der Waals surface area contributed by atoms with Crippen molar-refractivity contribution in [3.63, 3.8) is 0 Å². The van der Waals surface area contributed by atoms with E-state index in [2.05, 4.69) is 30.9 Å². The number of aromatic nitrogens is 4. The van der Waals surface area contributed by atoms with Gasteiger partial charge in [-0.05, 0) is 58.0 Å². The molecule has 0 bridgehead atoms. The zero-order valence-electron chi connectivity index (χ0n) is 23.0. The van der Waals surface area contributed by atoms with Crippen molar-refractivity contribution in [3.05, 3.63) is 77.9 Å². The molecule has 4 N–H and O–H groups in total. The Morgan fingerprint density at radius 1 is 1.10 bits per heavy atom. The Hall–Kier alpha value is -4.28. The average Bonchev–Trinajstić information content (AvgIpc) is 3.38. The van der Waals surface area contributed by atoms with Gasteiger partial charge in [-0.1, -0.05) is 35.9 Å². The quantitative estimate of drug-likeness (QED) is 0.210. The summed E-state index contributed by atoms with van der Waals surface area (Å²) in [7, 11) is 3.85. The smallest absolute Gasteiger partial charge is 0.270 e. The lowest BCUT2D eigenvalue weighted by Gasteiger charge is -2.30. The van der Waals surface area contributed by atoms with Gasteiger partial charge in [0.2, 0.25) is 11.9 Å². The minimum absolute atomic E-state index is 0.0165. The fraction of sp³-hybridized carbons (Fsp3) is 0.300. The summed E-state index contributed by atoms with van der Waals surface area (Å²) in [6.45, 7) is 0.668. The third-order valence-electron chi connectivity index (χ3n) is 6.93. The van der Waals surface area contributed by atoms with E-state index in [0.29, 0.717) is 34.6 Å². The molecular weight excluding hydrogens is 540 g/mol. The van der Waals surface area contributed by atoms with Crippen LogP contribution in [0.15, 0.2) is 67.1 Å². The van der Waals surface area contributed by atoms with Crippen LogP contribution in [-0.4, -0.2) is 69.4 Å². The molecule has 2 atom stereocenters. The molecule has 2 amide bonds. The second-order valence-electron chi connectivity index (χ2n) is 10.4. The van der Waals surface area contributed by atoms with Gasteiger partial charge >= 0.3 is 0 Å². The van der Waals surface area contributed by atoms with E-state index in [1.165, 1.54) is 12.3 Å². The number of benzene rings is 1. The number of para-hydroxylation sites is 1. The number of likely N-dealkylation sites (N-methyl/N-ethyl adjacent to an activating group) is 1. The summed E-state index contributed by atoms with van der Waals surface area (Å²) in [5.74, 6) is 0.0103. The van der Waals surface area contributed by atoms with Gasteiger partial charge in [0.25, 0.3) is 5.91 Å². The maximum atomic E-state index is 12.9. The van der Waals surface area contributed by atoms with Crippen LogP contribution in [0.5, 0.6) is 0 Å². The first-order valence-corrected chi connectivity index (χ1v) is 14.0. The highest BCUT2D eigenvalue weighted by Crippen LogP contribution is 2.32. The number of hydrogen-bond acceptors (Lipinski definition) is 7.